The molecule has 4 heterocycles. The van der Waals surface area contributed by atoms with E-state index in [1.54, 1.807) is 0 Å². The van der Waals surface area contributed by atoms with Gasteiger partial charge in [0.1, 0.15) is 12.4 Å². The first-order chi connectivity index (χ1) is 19.7. The second-order valence-electron chi connectivity index (χ2n) is 12.6. The Labute approximate surface area is 243 Å². The lowest BCUT2D eigenvalue weighted by Crippen LogP contribution is -2.44. The van der Waals surface area contributed by atoms with Crippen LogP contribution in [0.4, 0.5) is 5.82 Å². The molecule has 3 aliphatic heterocycles. The van der Waals surface area contributed by atoms with Gasteiger partial charge in [0.05, 0.1) is 22.9 Å². The molecule has 6 rings (SSSR count). The van der Waals surface area contributed by atoms with Gasteiger partial charge in [0.2, 0.25) is 0 Å². The van der Waals surface area contributed by atoms with Crippen LogP contribution in [0.5, 0.6) is 6.01 Å². The molecule has 2 aromatic carbocycles. The van der Waals surface area contributed by atoms with Crippen molar-refractivity contribution in [3.05, 3.63) is 58.8 Å². The maximum absolute atomic E-state index is 9.89. The molecule has 3 aromatic rings. The number of hydrogen-bond acceptors (Lipinski definition) is 8. The van der Waals surface area contributed by atoms with Gasteiger partial charge in [0.25, 0.3) is 0 Å². The van der Waals surface area contributed by atoms with Crippen molar-refractivity contribution in [3.8, 4) is 12.1 Å². The molecule has 0 aliphatic carbocycles. The first-order valence-electron chi connectivity index (χ1n) is 14.8. The summed E-state index contributed by atoms with van der Waals surface area (Å²) in [5, 5.41) is 19.2. The summed E-state index contributed by atoms with van der Waals surface area (Å²) in [7, 11) is 4.20. The number of anilines is 1. The fraction of sp³-hybridized carbons (Fsp3) is 0.485. The lowest BCUT2D eigenvalue weighted by atomic mass is 9.92. The zero-order valence-electron chi connectivity index (χ0n) is 25.0. The summed E-state index contributed by atoms with van der Waals surface area (Å²) in [6.45, 7) is 10.8. The molecule has 0 spiro atoms. The number of aromatic nitrogens is 2. The first-order valence-corrected chi connectivity index (χ1v) is 14.8. The molecule has 214 valence electrons. The molecule has 1 aromatic heterocycles. The van der Waals surface area contributed by atoms with Crippen LogP contribution in [0, 0.1) is 11.3 Å². The number of hydrogen-bond donors (Lipinski definition) is 2. The summed E-state index contributed by atoms with van der Waals surface area (Å²) in [5.74, 6) is 0.814. The van der Waals surface area contributed by atoms with Crippen LogP contribution < -0.4 is 15.4 Å². The molecule has 2 saturated heterocycles. The number of benzene rings is 2. The first kappa shape index (κ1) is 27.5. The average molecular weight is 552 g/mol. The molecule has 0 bridgehead atoms. The minimum absolute atomic E-state index is 0.0686. The van der Waals surface area contributed by atoms with Gasteiger partial charge in [-0.15, -0.1) is 0 Å². The number of rotatable bonds is 8. The van der Waals surface area contributed by atoms with E-state index in [0.717, 1.165) is 64.3 Å². The topological polar surface area (TPSA) is 89.3 Å². The zero-order chi connectivity index (χ0) is 28.8. The summed E-state index contributed by atoms with van der Waals surface area (Å²) in [4.78, 5) is 14.8. The van der Waals surface area contributed by atoms with Gasteiger partial charge in [-0.1, -0.05) is 30.3 Å². The van der Waals surface area contributed by atoms with E-state index in [0.29, 0.717) is 24.7 Å². The zero-order valence-corrected chi connectivity index (χ0v) is 25.0. The number of likely N-dealkylation sites (N-methyl/N-ethyl adjacent to an activating group) is 1. The van der Waals surface area contributed by atoms with Gasteiger partial charge in [0.15, 0.2) is 0 Å². The quantitative estimate of drug-likeness (QED) is 0.392. The van der Waals surface area contributed by atoms with Gasteiger partial charge >= 0.3 is 6.01 Å². The van der Waals surface area contributed by atoms with Crippen molar-refractivity contribution in [3.63, 3.8) is 0 Å². The Morgan fingerprint density at radius 1 is 1.12 bits per heavy atom. The summed E-state index contributed by atoms with van der Waals surface area (Å²) in [6, 6.07) is 14.9. The third kappa shape index (κ3) is 4.92. The van der Waals surface area contributed by atoms with E-state index >= 15 is 0 Å². The highest BCUT2D eigenvalue weighted by Gasteiger charge is 2.45. The Morgan fingerprint density at radius 3 is 2.56 bits per heavy atom. The Hall–Kier alpha value is -3.67. The van der Waals surface area contributed by atoms with Crippen molar-refractivity contribution in [2.24, 2.45) is 0 Å². The summed E-state index contributed by atoms with van der Waals surface area (Å²) < 4.78 is 6.48. The minimum atomic E-state index is -0.0686. The smallest absolute Gasteiger partial charge is 0.318 e. The normalized spacial score (nSPS) is 18.3. The number of nitrogens with one attached hydrogen (secondary N) is 2. The molecule has 2 fully saturated rings. The fourth-order valence-electron chi connectivity index (χ4n) is 6.64. The number of nitrogens with zero attached hydrogens (tertiary/aromatic N) is 5. The number of allylic oxidation sites excluding steroid dienone is 1. The minimum Gasteiger partial charge on any atom is -0.461 e. The van der Waals surface area contributed by atoms with Crippen molar-refractivity contribution in [1.29, 1.82) is 5.26 Å². The summed E-state index contributed by atoms with van der Waals surface area (Å²) >= 11 is 0. The van der Waals surface area contributed by atoms with E-state index in [2.05, 4.69) is 85.6 Å². The molecule has 0 saturated carbocycles. The Bertz CT molecular complexity index is 1540. The van der Waals surface area contributed by atoms with E-state index in [4.69, 9.17) is 14.7 Å². The van der Waals surface area contributed by atoms with E-state index in [-0.39, 0.29) is 11.1 Å². The van der Waals surface area contributed by atoms with Crippen molar-refractivity contribution < 1.29 is 4.74 Å². The molecule has 8 heteroatoms. The molecule has 41 heavy (non-hydrogen) atoms. The second-order valence-corrected chi connectivity index (χ2v) is 12.6. The number of ether oxygens (including phenoxy) is 1. The van der Waals surface area contributed by atoms with E-state index in [1.165, 1.54) is 25.7 Å². The highest BCUT2D eigenvalue weighted by molar-refractivity contribution is 6.03. The van der Waals surface area contributed by atoms with E-state index in [1.807, 2.05) is 12.1 Å². The van der Waals surface area contributed by atoms with Gasteiger partial charge in [0, 0.05) is 40.8 Å². The van der Waals surface area contributed by atoms with Crippen LogP contribution in [0.25, 0.3) is 22.0 Å². The Morgan fingerprint density at radius 2 is 1.85 bits per heavy atom. The fourth-order valence-corrected chi connectivity index (χ4v) is 6.64. The SMILES string of the molecule is CC1=C(c2cccc3cccc(C#N)c23)NCc2c(NCC(C)(C)N(C)C)nc(OCC34CCCN3CCC4)nc21. The van der Waals surface area contributed by atoms with Crippen LogP contribution >= 0.6 is 0 Å². The number of fused-ring (bicyclic) bond motifs is 3. The van der Waals surface area contributed by atoms with Gasteiger partial charge < -0.3 is 20.3 Å². The molecule has 3 aliphatic rings. The van der Waals surface area contributed by atoms with Gasteiger partial charge in [-0.2, -0.15) is 15.2 Å². The summed E-state index contributed by atoms with van der Waals surface area (Å²) in [6.07, 6.45) is 4.81. The van der Waals surface area contributed by atoms with Crippen molar-refractivity contribution in [1.82, 2.24) is 25.1 Å². The molecule has 2 N–H and O–H groups in total. The summed E-state index contributed by atoms with van der Waals surface area (Å²) in [5.41, 5.74) is 5.68. The predicted molar refractivity (Wildman–Crippen MR) is 165 cm³/mol. The molecule has 8 nitrogen and oxygen atoms in total. The Kier molecular flexibility index (Phi) is 7.13. The second kappa shape index (κ2) is 10.6. The molecular formula is C33H41N7O. The van der Waals surface area contributed by atoms with E-state index < -0.39 is 0 Å². The highest BCUT2D eigenvalue weighted by Crippen LogP contribution is 2.40. The Balaban J connectivity index is 1.42. The third-order valence-corrected chi connectivity index (χ3v) is 9.63. The average Bonchev–Trinajstić information content (AvgIpc) is 3.55. The molecule has 0 radical (unpaired) electrons. The van der Waals surface area contributed by atoms with Crippen molar-refractivity contribution in [2.75, 3.05) is 45.7 Å². The van der Waals surface area contributed by atoms with Crippen LogP contribution in [0.15, 0.2) is 36.4 Å². The third-order valence-electron chi connectivity index (χ3n) is 9.63. The molecule has 0 amide bonds. The highest BCUT2D eigenvalue weighted by atomic mass is 16.5. The maximum atomic E-state index is 9.89. The number of nitriles is 1. The molecule has 0 atom stereocenters. The van der Waals surface area contributed by atoms with Crippen LogP contribution in [-0.2, 0) is 6.54 Å². The maximum Gasteiger partial charge on any atom is 0.318 e. The van der Waals surface area contributed by atoms with Crippen LogP contribution in [0.1, 0.15) is 68.8 Å². The lowest BCUT2D eigenvalue weighted by molar-refractivity contribution is 0.107. The largest absolute Gasteiger partial charge is 0.461 e. The molecule has 0 unspecified atom stereocenters. The monoisotopic (exact) mass is 551 g/mol. The van der Waals surface area contributed by atoms with Gasteiger partial charge in [-0.05, 0) is 90.7 Å². The standard InChI is InChI=1S/C33H41N7O/c1-22-28(25-13-7-11-23-10-6-12-24(18-34)27(23)25)35-19-26-29(22)37-31(38-30(26)36-20-32(2,3)39(4)5)41-21-33-14-8-16-40(33)17-9-15-33/h6-7,10-13,35H,8-9,14-17,19-21H2,1-5H3,(H,36,37,38). The van der Waals surface area contributed by atoms with Gasteiger partial charge in [-0.25, -0.2) is 0 Å². The van der Waals surface area contributed by atoms with E-state index in [9.17, 15) is 5.26 Å². The van der Waals surface area contributed by atoms with Crippen molar-refractivity contribution in [2.45, 2.75) is 64.1 Å². The van der Waals surface area contributed by atoms with Crippen LogP contribution in [0.3, 0.4) is 0 Å². The van der Waals surface area contributed by atoms with Crippen molar-refractivity contribution >= 4 is 27.9 Å². The van der Waals surface area contributed by atoms with Crippen LogP contribution in [-0.4, -0.2) is 71.2 Å². The molecular weight excluding hydrogens is 510 g/mol. The van der Waals surface area contributed by atoms with Crippen LogP contribution in [0.2, 0.25) is 0 Å². The predicted octanol–water partition coefficient (Wildman–Crippen LogP) is 5.25. The lowest BCUT2D eigenvalue weighted by Gasteiger charge is -2.34. The van der Waals surface area contributed by atoms with Gasteiger partial charge in [-0.3, -0.25) is 4.90 Å².